The van der Waals surface area contributed by atoms with Gasteiger partial charge in [-0.05, 0) is 38.8 Å². The maximum absolute atomic E-state index is 6.11. The van der Waals surface area contributed by atoms with E-state index in [1.54, 1.807) is 7.05 Å². The van der Waals surface area contributed by atoms with Crippen molar-refractivity contribution in [2.45, 2.75) is 40.3 Å². The summed E-state index contributed by atoms with van der Waals surface area (Å²) in [7, 11) is 1.74. The summed E-state index contributed by atoms with van der Waals surface area (Å²) in [5.41, 5.74) is 3.18. The fraction of sp³-hybridized carbons (Fsp3) is 0.524. The number of aliphatic imine (C=N–C) groups is 1. The monoisotopic (exact) mass is 514 g/mol. The normalized spacial score (nSPS) is 16.4. The smallest absolute Gasteiger partial charge is 0.214 e. The lowest BCUT2D eigenvalue weighted by atomic mass is 10.1. The molecule has 0 amide bonds. The molecule has 1 unspecified atom stereocenters. The van der Waals surface area contributed by atoms with Gasteiger partial charge in [0.05, 0.1) is 25.5 Å². The molecule has 1 aliphatic rings. The van der Waals surface area contributed by atoms with Gasteiger partial charge in [-0.1, -0.05) is 12.1 Å². The Labute approximate surface area is 189 Å². The SMILES string of the molecule is CN=C(NCc1nc(C)c(C)o1)NCc1ccc(C)cc1OCC1CCOC1.I. The van der Waals surface area contributed by atoms with Crippen LogP contribution in [0.1, 0.15) is 34.9 Å². The zero-order chi connectivity index (χ0) is 19.9. The maximum Gasteiger partial charge on any atom is 0.214 e. The third-order valence-electron chi connectivity index (χ3n) is 4.87. The Balaban J connectivity index is 0.00000300. The van der Waals surface area contributed by atoms with Crippen LogP contribution >= 0.6 is 24.0 Å². The first-order chi connectivity index (χ1) is 13.5. The van der Waals surface area contributed by atoms with Gasteiger partial charge < -0.3 is 24.5 Å². The van der Waals surface area contributed by atoms with Gasteiger partial charge in [-0.3, -0.25) is 4.99 Å². The minimum absolute atomic E-state index is 0. The van der Waals surface area contributed by atoms with E-state index in [4.69, 9.17) is 13.9 Å². The Morgan fingerprint density at radius 1 is 1.24 bits per heavy atom. The molecule has 0 aliphatic carbocycles. The fourth-order valence-electron chi connectivity index (χ4n) is 3.04. The van der Waals surface area contributed by atoms with Crippen LogP contribution in [-0.2, 0) is 17.8 Å². The third kappa shape index (κ3) is 6.88. The molecule has 1 fully saturated rings. The fourth-order valence-corrected chi connectivity index (χ4v) is 3.04. The largest absolute Gasteiger partial charge is 0.493 e. The van der Waals surface area contributed by atoms with Gasteiger partial charge in [0.25, 0.3) is 0 Å². The van der Waals surface area contributed by atoms with Crippen LogP contribution in [0.2, 0.25) is 0 Å². The molecular formula is C21H31IN4O3. The van der Waals surface area contributed by atoms with Crippen LogP contribution in [0.25, 0.3) is 0 Å². The van der Waals surface area contributed by atoms with Gasteiger partial charge in [0, 0.05) is 31.7 Å². The summed E-state index contributed by atoms with van der Waals surface area (Å²) in [6.45, 7) is 9.32. The summed E-state index contributed by atoms with van der Waals surface area (Å²) in [6, 6.07) is 6.27. The molecular weight excluding hydrogens is 483 g/mol. The second-order valence-electron chi connectivity index (χ2n) is 7.18. The summed E-state index contributed by atoms with van der Waals surface area (Å²) in [6.07, 6.45) is 1.07. The van der Waals surface area contributed by atoms with E-state index in [2.05, 4.69) is 45.7 Å². The number of nitrogens with zero attached hydrogens (tertiary/aromatic N) is 2. The van der Waals surface area contributed by atoms with Crippen molar-refractivity contribution in [2.24, 2.45) is 10.9 Å². The predicted octanol–water partition coefficient (Wildman–Crippen LogP) is 3.50. The predicted molar refractivity (Wildman–Crippen MR) is 124 cm³/mol. The third-order valence-corrected chi connectivity index (χ3v) is 4.87. The summed E-state index contributed by atoms with van der Waals surface area (Å²) >= 11 is 0. The summed E-state index contributed by atoms with van der Waals surface area (Å²) in [5, 5.41) is 6.56. The second kappa shape index (κ2) is 11.4. The Morgan fingerprint density at radius 3 is 2.69 bits per heavy atom. The molecule has 1 saturated heterocycles. The minimum Gasteiger partial charge on any atom is -0.493 e. The Morgan fingerprint density at radius 2 is 2.03 bits per heavy atom. The number of aryl methyl sites for hydroxylation is 3. The van der Waals surface area contributed by atoms with Gasteiger partial charge in [-0.15, -0.1) is 24.0 Å². The number of nitrogens with one attached hydrogen (secondary N) is 2. The van der Waals surface area contributed by atoms with E-state index in [1.807, 2.05) is 13.8 Å². The molecule has 0 radical (unpaired) electrons. The van der Waals surface area contributed by atoms with E-state index in [0.717, 1.165) is 42.4 Å². The van der Waals surface area contributed by atoms with Crippen LogP contribution in [0, 0.1) is 26.7 Å². The number of guanidine groups is 1. The lowest BCUT2D eigenvalue weighted by Gasteiger charge is -2.16. The highest BCUT2D eigenvalue weighted by atomic mass is 127. The molecule has 160 valence electrons. The van der Waals surface area contributed by atoms with Crippen molar-refractivity contribution in [3.05, 3.63) is 46.7 Å². The minimum atomic E-state index is 0. The molecule has 1 atom stereocenters. The van der Waals surface area contributed by atoms with Crippen molar-refractivity contribution in [3.8, 4) is 5.75 Å². The van der Waals surface area contributed by atoms with E-state index in [-0.39, 0.29) is 24.0 Å². The first kappa shape index (κ1) is 23.5. The van der Waals surface area contributed by atoms with Crippen molar-refractivity contribution in [1.29, 1.82) is 0 Å². The maximum atomic E-state index is 6.11. The molecule has 0 bridgehead atoms. The molecule has 1 aliphatic heterocycles. The van der Waals surface area contributed by atoms with E-state index in [1.165, 1.54) is 5.56 Å². The van der Waals surface area contributed by atoms with E-state index < -0.39 is 0 Å². The molecule has 2 aromatic rings. The molecule has 1 aromatic heterocycles. The standard InChI is InChI=1S/C21H30N4O3.HI/c1-14-5-6-18(19(9-14)27-13-17-7-8-26-12-17)10-23-21(22-4)24-11-20-25-15(2)16(3)28-20;/h5-6,9,17H,7-8,10-13H2,1-4H3,(H2,22,23,24);1H. The number of ether oxygens (including phenoxy) is 2. The molecule has 0 spiro atoms. The van der Waals surface area contributed by atoms with Crippen molar-refractivity contribution in [1.82, 2.24) is 15.6 Å². The number of hydrogen-bond donors (Lipinski definition) is 2. The van der Waals surface area contributed by atoms with E-state index >= 15 is 0 Å². The summed E-state index contributed by atoms with van der Waals surface area (Å²) in [5.74, 6) is 3.56. The molecule has 7 nitrogen and oxygen atoms in total. The molecule has 8 heteroatoms. The molecule has 29 heavy (non-hydrogen) atoms. The first-order valence-electron chi connectivity index (χ1n) is 9.72. The molecule has 3 rings (SSSR count). The molecule has 2 heterocycles. The first-order valence-corrected chi connectivity index (χ1v) is 9.72. The average Bonchev–Trinajstić information content (AvgIpc) is 3.31. The molecule has 0 saturated carbocycles. The Hall–Kier alpha value is -1.81. The topological polar surface area (TPSA) is 80.9 Å². The molecule has 2 N–H and O–H groups in total. The van der Waals surface area contributed by atoms with Crippen molar-refractivity contribution >= 4 is 29.9 Å². The lowest BCUT2D eigenvalue weighted by Crippen LogP contribution is -2.36. The number of aromatic nitrogens is 1. The lowest BCUT2D eigenvalue weighted by molar-refractivity contribution is 0.166. The highest BCUT2D eigenvalue weighted by molar-refractivity contribution is 14.0. The highest BCUT2D eigenvalue weighted by Gasteiger charge is 2.17. The van der Waals surface area contributed by atoms with Crippen LogP contribution in [0.5, 0.6) is 5.75 Å². The summed E-state index contributed by atoms with van der Waals surface area (Å²) in [4.78, 5) is 8.65. The van der Waals surface area contributed by atoms with E-state index in [0.29, 0.717) is 37.5 Å². The Bertz CT molecular complexity index is 797. The van der Waals surface area contributed by atoms with Crippen molar-refractivity contribution in [3.63, 3.8) is 0 Å². The Kier molecular flexibility index (Phi) is 9.22. The van der Waals surface area contributed by atoms with Crippen LogP contribution < -0.4 is 15.4 Å². The zero-order valence-electron chi connectivity index (χ0n) is 17.6. The van der Waals surface area contributed by atoms with Crippen LogP contribution in [0.4, 0.5) is 0 Å². The van der Waals surface area contributed by atoms with Gasteiger partial charge >= 0.3 is 0 Å². The van der Waals surface area contributed by atoms with Crippen molar-refractivity contribution < 1.29 is 13.9 Å². The number of hydrogen-bond acceptors (Lipinski definition) is 5. The number of halogens is 1. The van der Waals surface area contributed by atoms with Gasteiger partial charge in [0.15, 0.2) is 5.96 Å². The summed E-state index contributed by atoms with van der Waals surface area (Å²) < 4.78 is 17.1. The zero-order valence-corrected chi connectivity index (χ0v) is 19.9. The van der Waals surface area contributed by atoms with Gasteiger partial charge in [-0.2, -0.15) is 0 Å². The average molecular weight is 514 g/mol. The number of benzene rings is 1. The van der Waals surface area contributed by atoms with Crippen LogP contribution in [0.3, 0.4) is 0 Å². The van der Waals surface area contributed by atoms with Gasteiger partial charge in [0.1, 0.15) is 11.5 Å². The second-order valence-corrected chi connectivity index (χ2v) is 7.18. The molecule has 1 aromatic carbocycles. The van der Waals surface area contributed by atoms with E-state index in [9.17, 15) is 0 Å². The van der Waals surface area contributed by atoms with Gasteiger partial charge in [-0.25, -0.2) is 4.98 Å². The van der Waals surface area contributed by atoms with Crippen LogP contribution in [-0.4, -0.2) is 37.8 Å². The van der Waals surface area contributed by atoms with Gasteiger partial charge in [0.2, 0.25) is 5.89 Å². The van der Waals surface area contributed by atoms with Crippen molar-refractivity contribution in [2.75, 3.05) is 26.9 Å². The number of rotatable bonds is 7. The number of oxazole rings is 1. The quantitative estimate of drug-likeness (QED) is 0.335. The van der Waals surface area contributed by atoms with Crippen LogP contribution in [0.15, 0.2) is 27.6 Å². The highest BCUT2D eigenvalue weighted by Crippen LogP contribution is 2.22.